The first kappa shape index (κ1) is 15.5. The number of ether oxygens (including phenoxy) is 1. The average molecular weight is 320 g/mol. The number of carbonyl (C=O) groups is 1. The maximum absolute atomic E-state index is 12.3. The number of rotatable bonds is 4. The highest BCUT2D eigenvalue weighted by Crippen LogP contribution is 2.20. The Morgan fingerprint density at radius 3 is 2.38 bits per heavy atom. The largest absolute Gasteiger partial charge is 0.480 e. The first-order valence-electron chi connectivity index (χ1n) is 7.31. The van der Waals surface area contributed by atoms with Crippen LogP contribution in [0.1, 0.15) is 10.4 Å². The highest BCUT2D eigenvalue weighted by Gasteiger charge is 2.09. The lowest BCUT2D eigenvalue weighted by Gasteiger charge is -2.08. The molecule has 0 aliphatic carbocycles. The van der Waals surface area contributed by atoms with Crippen molar-refractivity contribution in [3.05, 3.63) is 66.2 Å². The molecule has 120 valence electrons. The van der Waals surface area contributed by atoms with Crippen molar-refractivity contribution >= 4 is 17.3 Å². The third-order valence-corrected chi connectivity index (χ3v) is 3.50. The topological polar surface area (TPSA) is 90.1 Å². The Labute approximate surface area is 139 Å². The molecule has 0 bridgehead atoms. The van der Waals surface area contributed by atoms with Crippen LogP contribution in [0.2, 0.25) is 0 Å². The standard InChI is InChI=1S/C18H16N4O2/c1-24-17-11-10-15(21-22-17)12-6-8-13(9-7-12)18(23)20-16-5-3-2-4-14(16)19/h2-11H,19H2,1H3,(H,20,23). The number of para-hydroxylation sites is 2. The van der Waals surface area contributed by atoms with Crippen molar-refractivity contribution in [1.82, 2.24) is 10.2 Å². The molecule has 1 amide bonds. The van der Waals surface area contributed by atoms with E-state index in [4.69, 9.17) is 10.5 Å². The highest BCUT2D eigenvalue weighted by atomic mass is 16.5. The van der Waals surface area contributed by atoms with E-state index in [1.807, 2.05) is 30.3 Å². The zero-order valence-corrected chi connectivity index (χ0v) is 13.1. The van der Waals surface area contributed by atoms with Gasteiger partial charge >= 0.3 is 0 Å². The molecule has 2 aromatic carbocycles. The van der Waals surface area contributed by atoms with Gasteiger partial charge in [-0.05, 0) is 30.3 Å². The van der Waals surface area contributed by atoms with E-state index < -0.39 is 0 Å². The number of nitrogens with zero attached hydrogens (tertiary/aromatic N) is 2. The number of hydrogen-bond donors (Lipinski definition) is 2. The zero-order valence-electron chi connectivity index (χ0n) is 13.1. The van der Waals surface area contributed by atoms with Crippen LogP contribution in [0.15, 0.2) is 60.7 Å². The Bertz CT molecular complexity index is 846. The number of aromatic nitrogens is 2. The van der Waals surface area contributed by atoms with E-state index in [0.717, 1.165) is 5.56 Å². The molecule has 3 N–H and O–H groups in total. The molecule has 0 aliphatic rings. The van der Waals surface area contributed by atoms with Crippen LogP contribution in [0.3, 0.4) is 0 Å². The molecule has 0 atom stereocenters. The van der Waals surface area contributed by atoms with Crippen LogP contribution in [-0.2, 0) is 0 Å². The quantitative estimate of drug-likeness (QED) is 0.721. The lowest BCUT2D eigenvalue weighted by Crippen LogP contribution is -2.13. The molecule has 0 saturated carbocycles. The number of methoxy groups -OCH3 is 1. The molecular weight excluding hydrogens is 304 g/mol. The van der Waals surface area contributed by atoms with Gasteiger partial charge in [0.25, 0.3) is 5.91 Å². The normalized spacial score (nSPS) is 10.2. The molecule has 0 fully saturated rings. The minimum atomic E-state index is -0.222. The maximum Gasteiger partial charge on any atom is 0.255 e. The number of carbonyl (C=O) groups excluding carboxylic acids is 1. The molecule has 0 unspecified atom stereocenters. The summed E-state index contributed by atoms with van der Waals surface area (Å²) in [5.41, 5.74) is 9.04. The van der Waals surface area contributed by atoms with Crippen LogP contribution in [0.25, 0.3) is 11.3 Å². The number of hydrogen-bond acceptors (Lipinski definition) is 5. The Balaban J connectivity index is 1.76. The molecule has 0 spiro atoms. The first-order chi connectivity index (χ1) is 11.7. The van der Waals surface area contributed by atoms with E-state index in [1.165, 1.54) is 7.11 Å². The van der Waals surface area contributed by atoms with Gasteiger partial charge in [0, 0.05) is 17.2 Å². The van der Waals surface area contributed by atoms with Gasteiger partial charge in [-0.15, -0.1) is 10.2 Å². The molecule has 0 saturated heterocycles. The van der Waals surface area contributed by atoms with Crippen molar-refractivity contribution in [3.63, 3.8) is 0 Å². The molecule has 1 heterocycles. The van der Waals surface area contributed by atoms with Gasteiger partial charge in [-0.3, -0.25) is 4.79 Å². The van der Waals surface area contributed by atoms with Crippen LogP contribution in [-0.4, -0.2) is 23.2 Å². The SMILES string of the molecule is COc1ccc(-c2ccc(C(=O)Nc3ccccc3N)cc2)nn1. The lowest BCUT2D eigenvalue weighted by atomic mass is 10.1. The highest BCUT2D eigenvalue weighted by molar-refractivity contribution is 6.05. The van der Waals surface area contributed by atoms with Crippen molar-refractivity contribution in [3.8, 4) is 17.1 Å². The van der Waals surface area contributed by atoms with Crippen LogP contribution < -0.4 is 15.8 Å². The molecule has 1 aromatic heterocycles. The molecule has 24 heavy (non-hydrogen) atoms. The van der Waals surface area contributed by atoms with Gasteiger partial charge in [0.15, 0.2) is 0 Å². The molecule has 6 nitrogen and oxygen atoms in total. The molecule has 3 aromatic rings. The number of nitrogens with two attached hydrogens (primary N) is 1. The van der Waals surface area contributed by atoms with Gasteiger partial charge in [-0.25, -0.2) is 0 Å². The third kappa shape index (κ3) is 3.33. The summed E-state index contributed by atoms with van der Waals surface area (Å²) in [6.07, 6.45) is 0. The van der Waals surface area contributed by atoms with Gasteiger partial charge in [-0.2, -0.15) is 0 Å². The zero-order chi connectivity index (χ0) is 16.9. The first-order valence-corrected chi connectivity index (χ1v) is 7.31. The van der Waals surface area contributed by atoms with E-state index in [-0.39, 0.29) is 5.91 Å². The number of anilines is 2. The summed E-state index contributed by atoms with van der Waals surface area (Å²) in [6.45, 7) is 0. The maximum atomic E-state index is 12.3. The molecule has 0 radical (unpaired) electrons. The van der Waals surface area contributed by atoms with Gasteiger partial charge in [0.1, 0.15) is 0 Å². The Kier molecular flexibility index (Phi) is 4.38. The summed E-state index contributed by atoms with van der Waals surface area (Å²) in [4.78, 5) is 12.3. The number of nitrogens with one attached hydrogen (secondary N) is 1. The molecule has 3 rings (SSSR count). The van der Waals surface area contributed by atoms with Gasteiger partial charge in [0.2, 0.25) is 5.88 Å². The van der Waals surface area contributed by atoms with Crippen molar-refractivity contribution < 1.29 is 9.53 Å². The number of nitrogen functional groups attached to an aromatic ring is 1. The summed E-state index contributed by atoms with van der Waals surface area (Å²) in [5, 5.41) is 10.8. The Morgan fingerprint density at radius 2 is 1.75 bits per heavy atom. The summed E-state index contributed by atoms with van der Waals surface area (Å²) in [6, 6.07) is 17.8. The van der Waals surface area contributed by atoms with Gasteiger partial charge in [0.05, 0.1) is 24.2 Å². The fraction of sp³-hybridized carbons (Fsp3) is 0.0556. The third-order valence-electron chi connectivity index (χ3n) is 3.50. The summed E-state index contributed by atoms with van der Waals surface area (Å²) in [7, 11) is 1.54. The fourth-order valence-corrected chi connectivity index (χ4v) is 2.18. The summed E-state index contributed by atoms with van der Waals surface area (Å²) in [5.74, 6) is 0.232. The minimum absolute atomic E-state index is 0.222. The summed E-state index contributed by atoms with van der Waals surface area (Å²) < 4.78 is 4.99. The van der Waals surface area contributed by atoms with Crippen LogP contribution in [0.4, 0.5) is 11.4 Å². The minimum Gasteiger partial charge on any atom is -0.480 e. The van der Waals surface area contributed by atoms with E-state index in [0.29, 0.717) is 28.5 Å². The van der Waals surface area contributed by atoms with Crippen LogP contribution in [0.5, 0.6) is 5.88 Å². The van der Waals surface area contributed by atoms with Crippen LogP contribution in [0, 0.1) is 0 Å². The second-order valence-electron chi connectivity index (χ2n) is 5.08. The van der Waals surface area contributed by atoms with E-state index in [2.05, 4.69) is 15.5 Å². The molecule has 0 aliphatic heterocycles. The van der Waals surface area contributed by atoms with E-state index in [1.54, 1.807) is 30.3 Å². The van der Waals surface area contributed by atoms with E-state index >= 15 is 0 Å². The molecule has 6 heteroatoms. The van der Waals surface area contributed by atoms with Crippen molar-refractivity contribution in [2.24, 2.45) is 0 Å². The second-order valence-corrected chi connectivity index (χ2v) is 5.08. The summed E-state index contributed by atoms with van der Waals surface area (Å²) >= 11 is 0. The lowest BCUT2D eigenvalue weighted by molar-refractivity contribution is 0.102. The monoisotopic (exact) mass is 320 g/mol. The predicted molar refractivity (Wildman–Crippen MR) is 92.8 cm³/mol. The number of amides is 1. The average Bonchev–Trinajstić information content (AvgIpc) is 2.64. The van der Waals surface area contributed by atoms with Crippen LogP contribution >= 0.6 is 0 Å². The van der Waals surface area contributed by atoms with Crippen molar-refractivity contribution in [1.29, 1.82) is 0 Å². The smallest absolute Gasteiger partial charge is 0.255 e. The van der Waals surface area contributed by atoms with Gasteiger partial charge < -0.3 is 15.8 Å². The number of benzene rings is 2. The Morgan fingerprint density at radius 1 is 1.00 bits per heavy atom. The second kappa shape index (κ2) is 6.78. The predicted octanol–water partition coefficient (Wildman–Crippen LogP) is 2.99. The van der Waals surface area contributed by atoms with Gasteiger partial charge in [-0.1, -0.05) is 24.3 Å². The van der Waals surface area contributed by atoms with Crippen molar-refractivity contribution in [2.45, 2.75) is 0 Å². The Hall–Kier alpha value is -3.41. The fourth-order valence-electron chi connectivity index (χ4n) is 2.18. The van der Waals surface area contributed by atoms with Crippen molar-refractivity contribution in [2.75, 3.05) is 18.2 Å². The molecular formula is C18H16N4O2. The van der Waals surface area contributed by atoms with E-state index in [9.17, 15) is 4.79 Å².